The van der Waals surface area contributed by atoms with Crippen LogP contribution >= 0.6 is 0 Å². The minimum atomic E-state index is -0.133. The van der Waals surface area contributed by atoms with Crippen molar-refractivity contribution in [3.63, 3.8) is 0 Å². The average molecular weight is 496 g/mol. The van der Waals surface area contributed by atoms with Crippen LogP contribution in [0.15, 0.2) is 36.7 Å². The summed E-state index contributed by atoms with van der Waals surface area (Å²) in [5, 5.41) is 8.45. The lowest BCUT2D eigenvalue weighted by Crippen LogP contribution is -2.52. The molecule has 10 heteroatoms. The van der Waals surface area contributed by atoms with Crippen LogP contribution in [0.1, 0.15) is 22.3 Å². The lowest BCUT2D eigenvalue weighted by atomic mass is 9.96. The number of carbonyl (C=O) groups excluding carboxylic acids is 1. The summed E-state index contributed by atoms with van der Waals surface area (Å²) in [5.74, 6) is 1.73. The van der Waals surface area contributed by atoms with E-state index in [-0.39, 0.29) is 11.9 Å². The number of hydrogen-bond acceptors (Lipinski definition) is 8. The molecule has 0 bridgehead atoms. The quantitative estimate of drug-likeness (QED) is 0.481. The van der Waals surface area contributed by atoms with E-state index in [0.717, 1.165) is 68.4 Å². The van der Waals surface area contributed by atoms with E-state index in [2.05, 4.69) is 20.3 Å². The van der Waals surface area contributed by atoms with Gasteiger partial charge in [-0.25, -0.2) is 9.67 Å². The first-order valence-corrected chi connectivity index (χ1v) is 12.4. The maximum atomic E-state index is 13.1. The molecule has 3 aromatic rings. The van der Waals surface area contributed by atoms with E-state index in [1.54, 1.807) is 31.3 Å². The van der Waals surface area contributed by atoms with Crippen molar-refractivity contribution in [3.8, 4) is 11.5 Å². The van der Waals surface area contributed by atoms with E-state index in [1.165, 1.54) is 0 Å². The Morgan fingerprint density at radius 2 is 2.00 bits per heavy atom. The lowest BCUT2D eigenvalue weighted by Gasteiger charge is -2.37. The standard InChI is InChI=1S/C26H33N5O5/c1-33-22-4-3-18(24(12-22)34-2)16-31-25-20(14-29-31)11-21(13-27-25)26(32)28-15-23(19-5-8-36-17-19)30-6-9-35-10-7-30/h3-4,11-14,19,23H,5-10,15-17H2,1-2H3,(H,28,32). The molecule has 5 rings (SSSR count). The fourth-order valence-electron chi connectivity index (χ4n) is 5.01. The van der Waals surface area contributed by atoms with Crippen molar-refractivity contribution in [2.45, 2.75) is 19.0 Å². The highest BCUT2D eigenvalue weighted by molar-refractivity contribution is 5.96. The Morgan fingerprint density at radius 3 is 2.75 bits per heavy atom. The fraction of sp³-hybridized carbons (Fsp3) is 0.500. The molecule has 10 nitrogen and oxygen atoms in total. The molecule has 2 aromatic heterocycles. The maximum Gasteiger partial charge on any atom is 0.252 e. The molecule has 36 heavy (non-hydrogen) atoms. The van der Waals surface area contributed by atoms with Crippen molar-refractivity contribution in [2.75, 3.05) is 60.3 Å². The number of benzene rings is 1. The van der Waals surface area contributed by atoms with Gasteiger partial charge in [0.2, 0.25) is 0 Å². The van der Waals surface area contributed by atoms with E-state index >= 15 is 0 Å². The molecule has 0 radical (unpaired) electrons. The minimum absolute atomic E-state index is 0.133. The van der Waals surface area contributed by atoms with Gasteiger partial charge in [0.05, 0.1) is 52.3 Å². The SMILES string of the molecule is COc1ccc(Cn2ncc3cc(C(=O)NCC(C4CCOC4)N4CCOCC4)cnc32)c(OC)c1. The molecule has 1 N–H and O–H groups in total. The summed E-state index contributed by atoms with van der Waals surface area (Å²) < 4.78 is 23.8. The number of hydrogen-bond donors (Lipinski definition) is 1. The highest BCUT2D eigenvalue weighted by atomic mass is 16.5. The van der Waals surface area contributed by atoms with E-state index in [9.17, 15) is 4.79 Å². The highest BCUT2D eigenvalue weighted by Crippen LogP contribution is 2.26. The Kier molecular flexibility index (Phi) is 7.64. The maximum absolute atomic E-state index is 13.1. The number of morpholine rings is 1. The number of rotatable bonds is 9. The van der Waals surface area contributed by atoms with Crippen molar-refractivity contribution in [2.24, 2.45) is 5.92 Å². The number of fused-ring (bicyclic) bond motifs is 1. The third-order valence-electron chi connectivity index (χ3n) is 7.05. The van der Waals surface area contributed by atoms with Crippen LogP contribution in [0, 0.1) is 5.92 Å². The zero-order valence-electron chi connectivity index (χ0n) is 20.8. The Hall–Kier alpha value is -3.21. The molecular formula is C26H33N5O5. The monoisotopic (exact) mass is 495 g/mol. The molecule has 0 spiro atoms. The predicted octanol–water partition coefficient (Wildman–Crippen LogP) is 1.96. The zero-order chi connectivity index (χ0) is 24.9. The van der Waals surface area contributed by atoms with Crippen LogP contribution < -0.4 is 14.8 Å². The van der Waals surface area contributed by atoms with Crippen LogP contribution in [0.3, 0.4) is 0 Å². The minimum Gasteiger partial charge on any atom is -0.497 e. The summed E-state index contributed by atoms with van der Waals surface area (Å²) >= 11 is 0. The van der Waals surface area contributed by atoms with Gasteiger partial charge in [0.25, 0.3) is 5.91 Å². The summed E-state index contributed by atoms with van der Waals surface area (Å²) in [6.07, 6.45) is 4.37. The number of pyridine rings is 1. The van der Waals surface area contributed by atoms with Crippen molar-refractivity contribution in [3.05, 3.63) is 47.8 Å². The van der Waals surface area contributed by atoms with Gasteiger partial charge in [-0.05, 0) is 24.6 Å². The Balaban J connectivity index is 1.28. The van der Waals surface area contributed by atoms with Gasteiger partial charge in [-0.3, -0.25) is 9.69 Å². The normalized spacial score (nSPS) is 19.3. The first-order valence-electron chi connectivity index (χ1n) is 12.4. The van der Waals surface area contributed by atoms with Gasteiger partial charge in [0.15, 0.2) is 5.65 Å². The number of amides is 1. The number of carbonyl (C=O) groups is 1. The summed E-state index contributed by atoms with van der Waals surface area (Å²) in [7, 11) is 3.25. The van der Waals surface area contributed by atoms with E-state index < -0.39 is 0 Å². The molecule has 0 aliphatic carbocycles. The summed E-state index contributed by atoms with van der Waals surface area (Å²) in [4.78, 5) is 20.0. The van der Waals surface area contributed by atoms with Crippen LogP contribution in [0.2, 0.25) is 0 Å². The third kappa shape index (κ3) is 5.30. The van der Waals surface area contributed by atoms with Gasteiger partial charge < -0.3 is 24.3 Å². The third-order valence-corrected chi connectivity index (χ3v) is 7.05. The van der Waals surface area contributed by atoms with Gasteiger partial charge in [-0.1, -0.05) is 0 Å². The van der Waals surface area contributed by atoms with Gasteiger partial charge in [0, 0.05) is 61.4 Å². The topological polar surface area (TPSA) is 100.0 Å². The molecule has 1 amide bonds. The molecule has 1 aromatic carbocycles. The van der Waals surface area contributed by atoms with Crippen LogP contribution in [0.25, 0.3) is 11.0 Å². The predicted molar refractivity (Wildman–Crippen MR) is 134 cm³/mol. The molecule has 192 valence electrons. The molecule has 0 saturated carbocycles. The number of nitrogens with one attached hydrogen (secondary N) is 1. The van der Waals surface area contributed by atoms with E-state index in [1.807, 2.05) is 24.3 Å². The van der Waals surface area contributed by atoms with Gasteiger partial charge in [0.1, 0.15) is 11.5 Å². The Bertz CT molecular complexity index is 1190. The van der Waals surface area contributed by atoms with Crippen molar-refractivity contribution >= 4 is 16.9 Å². The van der Waals surface area contributed by atoms with E-state index in [4.69, 9.17) is 18.9 Å². The summed E-state index contributed by atoms with van der Waals surface area (Å²) in [5.41, 5.74) is 2.18. The number of aromatic nitrogens is 3. The number of ether oxygens (including phenoxy) is 4. The Morgan fingerprint density at radius 1 is 1.14 bits per heavy atom. The largest absolute Gasteiger partial charge is 0.497 e. The van der Waals surface area contributed by atoms with Crippen molar-refractivity contribution < 1.29 is 23.7 Å². The fourth-order valence-corrected chi connectivity index (χ4v) is 5.01. The van der Waals surface area contributed by atoms with E-state index in [0.29, 0.717) is 30.2 Å². The van der Waals surface area contributed by atoms with Gasteiger partial charge in [-0.2, -0.15) is 5.10 Å². The molecule has 2 aliphatic heterocycles. The van der Waals surface area contributed by atoms with Crippen LogP contribution in [-0.2, 0) is 16.0 Å². The van der Waals surface area contributed by atoms with Gasteiger partial charge in [-0.15, -0.1) is 0 Å². The molecule has 2 unspecified atom stereocenters. The second-order valence-corrected chi connectivity index (χ2v) is 9.17. The first kappa shape index (κ1) is 24.5. The lowest BCUT2D eigenvalue weighted by molar-refractivity contribution is 0.00166. The first-order chi connectivity index (χ1) is 17.7. The zero-order valence-corrected chi connectivity index (χ0v) is 20.8. The summed E-state index contributed by atoms with van der Waals surface area (Å²) in [6, 6.07) is 7.77. The molecule has 2 saturated heterocycles. The van der Waals surface area contributed by atoms with Crippen LogP contribution in [0.4, 0.5) is 0 Å². The van der Waals surface area contributed by atoms with Crippen LogP contribution in [0.5, 0.6) is 11.5 Å². The second kappa shape index (κ2) is 11.2. The number of nitrogens with zero attached hydrogens (tertiary/aromatic N) is 4. The molecule has 2 fully saturated rings. The molecule has 4 heterocycles. The Labute approximate surface area is 210 Å². The smallest absolute Gasteiger partial charge is 0.252 e. The molecular weight excluding hydrogens is 462 g/mol. The molecule has 2 aliphatic rings. The number of methoxy groups -OCH3 is 2. The summed E-state index contributed by atoms with van der Waals surface area (Å²) in [6.45, 7) is 5.79. The van der Waals surface area contributed by atoms with Crippen molar-refractivity contribution in [1.82, 2.24) is 25.0 Å². The second-order valence-electron chi connectivity index (χ2n) is 9.17. The highest BCUT2D eigenvalue weighted by Gasteiger charge is 2.32. The van der Waals surface area contributed by atoms with Gasteiger partial charge >= 0.3 is 0 Å². The van der Waals surface area contributed by atoms with Crippen LogP contribution in [-0.4, -0.2) is 91.9 Å². The van der Waals surface area contributed by atoms with Crippen molar-refractivity contribution in [1.29, 1.82) is 0 Å². The average Bonchev–Trinajstić information content (AvgIpc) is 3.60. The molecule has 2 atom stereocenters.